The van der Waals surface area contributed by atoms with E-state index >= 15 is 0 Å². The van der Waals surface area contributed by atoms with Crippen LogP contribution < -0.4 is 5.56 Å². The molecule has 0 amide bonds. The molecule has 4 atom stereocenters. The Hall–Kier alpha value is -1.26. The Labute approximate surface area is 120 Å². The second-order valence-electron chi connectivity index (χ2n) is 4.54. The number of aliphatic hydroxyl groups excluding tert-OH is 3. The van der Waals surface area contributed by atoms with Crippen molar-refractivity contribution in [3.05, 3.63) is 27.4 Å². The molecule has 4 unspecified atom stereocenters. The van der Waals surface area contributed by atoms with Crippen molar-refractivity contribution < 1.29 is 20.1 Å². The monoisotopic (exact) mass is 345 g/mol. The Morgan fingerprint density at radius 1 is 1.45 bits per heavy atom. The molecule has 3 heterocycles. The quantitative estimate of drug-likeness (QED) is 0.559. The molecule has 1 aliphatic rings. The molecule has 0 spiro atoms. The lowest BCUT2D eigenvalue weighted by molar-refractivity contribution is -0.0509. The van der Waals surface area contributed by atoms with E-state index < -0.39 is 31.1 Å². The number of halogens is 1. The molecule has 1 aliphatic heterocycles. The standard InChI is InChI=1S/C11H12BrN3O5/c12-4-1-15(9-6(4)10(19)14-3-13-9)11-8(18)7(17)5(2-16)20-11/h1,3,5,7-8,11,16-18H,2H2,(H,13,14,19). The molecule has 0 bridgehead atoms. The number of aromatic amines is 1. The molecule has 9 heteroatoms. The number of aromatic nitrogens is 3. The predicted octanol–water partition coefficient (Wildman–Crippen LogP) is -0.901. The van der Waals surface area contributed by atoms with Gasteiger partial charge in [-0.25, -0.2) is 4.98 Å². The Morgan fingerprint density at radius 3 is 2.85 bits per heavy atom. The van der Waals surface area contributed by atoms with Crippen LogP contribution in [0.1, 0.15) is 6.23 Å². The van der Waals surface area contributed by atoms with Crippen molar-refractivity contribution in [3.63, 3.8) is 0 Å². The highest BCUT2D eigenvalue weighted by Gasteiger charge is 2.44. The minimum absolute atomic E-state index is 0.315. The number of ether oxygens (including phenoxy) is 1. The number of hydrogen-bond donors (Lipinski definition) is 4. The van der Waals surface area contributed by atoms with Gasteiger partial charge in [0.05, 0.1) is 22.8 Å². The van der Waals surface area contributed by atoms with E-state index in [1.54, 1.807) is 6.20 Å². The minimum atomic E-state index is -1.23. The van der Waals surface area contributed by atoms with Crippen LogP contribution in [0.3, 0.4) is 0 Å². The maximum atomic E-state index is 11.8. The van der Waals surface area contributed by atoms with Gasteiger partial charge in [-0.15, -0.1) is 0 Å². The molecule has 0 aliphatic carbocycles. The lowest BCUT2D eigenvalue weighted by Gasteiger charge is -2.17. The average molecular weight is 346 g/mol. The van der Waals surface area contributed by atoms with Crippen LogP contribution in [0.15, 0.2) is 21.8 Å². The smallest absolute Gasteiger partial charge is 0.261 e. The Morgan fingerprint density at radius 2 is 2.20 bits per heavy atom. The fourth-order valence-electron chi connectivity index (χ4n) is 2.35. The first kappa shape index (κ1) is 13.7. The summed E-state index contributed by atoms with van der Waals surface area (Å²) in [6.07, 6.45) is -1.44. The van der Waals surface area contributed by atoms with E-state index in [4.69, 9.17) is 9.84 Å². The largest absolute Gasteiger partial charge is 0.394 e. The number of rotatable bonds is 2. The van der Waals surface area contributed by atoms with Gasteiger partial charge < -0.3 is 29.6 Å². The van der Waals surface area contributed by atoms with Crippen molar-refractivity contribution in [2.45, 2.75) is 24.5 Å². The molecule has 0 aromatic carbocycles. The molecule has 1 fully saturated rings. The Kier molecular flexibility index (Phi) is 3.38. The van der Waals surface area contributed by atoms with E-state index in [1.807, 2.05) is 0 Å². The number of nitrogens with zero attached hydrogens (tertiary/aromatic N) is 2. The topological polar surface area (TPSA) is 121 Å². The zero-order valence-electron chi connectivity index (χ0n) is 10.1. The van der Waals surface area contributed by atoms with Gasteiger partial charge in [0, 0.05) is 6.20 Å². The second kappa shape index (κ2) is 4.93. The minimum Gasteiger partial charge on any atom is -0.394 e. The molecule has 4 N–H and O–H groups in total. The van der Waals surface area contributed by atoms with Gasteiger partial charge in [-0.2, -0.15) is 0 Å². The zero-order valence-corrected chi connectivity index (χ0v) is 11.7. The molecule has 108 valence electrons. The molecule has 8 nitrogen and oxygen atoms in total. The SMILES string of the molecule is O=c1[nH]cnc2c1c(Br)cn2C1OC(CO)C(O)C1O. The van der Waals surface area contributed by atoms with Gasteiger partial charge in [0.15, 0.2) is 11.9 Å². The lowest BCUT2D eigenvalue weighted by atomic mass is 10.1. The van der Waals surface area contributed by atoms with Crippen molar-refractivity contribution in [2.24, 2.45) is 0 Å². The highest BCUT2D eigenvalue weighted by molar-refractivity contribution is 9.10. The number of H-pyrrole nitrogens is 1. The van der Waals surface area contributed by atoms with E-state index in [0.29, 0.717) is 15.5 Å². The number of aliphatic hydroxyl groups is 3. The molecule has 2 aromatic rings. The molecule has 1 saturated heterocycles. The maximum Gasteiger partial charge on any atom is 0.261 e. The summed E-state index contributed by atoms with van der Waals surface area (Å²) in [5.41, 5.74) is -0.0113. The van der Waals surface area contributed by atoms with Crippen molar-refractivity contribution >= 4 is 27.0 Å². The first-order valence-corrected chi connectivity index (χ1v) is 6.70. The summed E-state index contributed by atoms with van der Waals surface area (Å²) in [5, 5.41) is 29.2. The fraction of sp³-hybridized carbons (Fsp3) is 0.455. The molecule has 2 aromatic heterocycles. The van der Waals surface area contributed by atoms with E-state index in [2.05, 4.69) is 25.9 Å². The number of fused-ring (bicyclic) bond motifs is 1. The second-order valence-corrected chi connectivity index (χ2v) is 5.40. The molecule has 0 radical (unpaired) electrons. The van der Waals surface area contributed by atoms with E-state index in [1.165, 1.54) is 10.9 Å². The number of hydrogen-bond acceptors (Lipinski definition) is 6. The average Bonchev–Trinajstić information content (AvgIpc) is 2.90. The summed E-state index contributed by atoms with van der Waals surface area (Å²) >= 11 is 3.25. The van der Waals surface area contributed by atoms with Crippen LogP contribution in [0.2, 0.25) is 0 Å². The molecule has 3 rings (SSSR count). The Bertz CT molecular complexity index is 699. The summed E-state index contributed by atoms with van der Waals surface area (Å²) in [5.74, 6) is 0. The summed E-state index contributed by atoms with van der Waals surface area (Å²) in [7, 11) is 0. The van der Waals surface area contributed by atoms with Crippen LogP contribution in [-0.4, -0.2) is 54.8 Å². The van der Waals surface area contributed by atoms with Crippen molar-refractivity contribution in [1.82, 2.24) is 14.5 Å². The number of nitrogens with one attached hydrogen (secondary N) is 1. The van der Waals surface area contributed by atoms with Crippen LogP contribution in [0.25, 0.3) is 11.0 Å². The third kappa shape index (κ3) is 1.90. The van der Waals surface area contributed by atoms with E-state index in [0.717, 1.165) is 0 Å². The summed E-state index contributed by atoms with van der Waals surface area (Å²) < 4.78 is 7.38. The first-order chi connectivity index (χ1) is 9.54. The van der Waals surface area contributed by atoms with Crippen LogP contribution in [0, 0.1) is 0 Å². The highest BCUT2D eigenvalue weighted by Crippen LogP contribution is 2.33. The van der Waals surface area contributed by atoms with Gasteiger partial charge in [0.2, 0.25) is 0 Å². The fourth-order valence-corrected chi connectivity index (χ4v) is 2.93. The van der Waals surface area contributed by atoms with Gasteiger partial charge in [0.1, 0.15) is 18.3 Å². The van der Waals surface area contributed by atoms with Gasteiger partial charge >= 0.3 is 0 Å². The molecule has 0 saturated carbocycles. The van der Waals surface area contributed by atoms with Crippen LogP contribution in [-0.2, 0) is 4.74 Å². The van der Waals surface area contributed by atoms with Crippen molar-refractivity contribution in [2.75, 3.05) is 6.61 Å². The van der Waals surface area contributed by atoms with Gasteiger partial charge in [-0.3, -0.25) is 4.79 Å². The van der Waals surface area contributed by atoms with Crippen molar-refractivity contribution in [1.29, 1.82) is 0 Å². The predicted molar refractivity (Wildman–Crippen MR) is 71.1 cm³/mol. The van der Waals surface area contributed by atoms with Crippen LogP contribution in [0.5, 0.6) is 0 Å². The van der Waals surface area contributed by atoms with Gasteiger partial charge in [-0.05, 0) is 15.9 Å². The summed E-state index contributed by atoms with van der Waals surface area (Å²) in [6, 6.07) is 0. The molecular formula is C11H12BrN3O5. The van der Waals surface area contributed by atoms with Crippen LogP contribution in [0.4, 0.5) is 0 Å². The molecular weight excluding hydrogens is 334 g/mol. The maximum absolute atomic E-state index is 11.8. The molecule has 20 heavy (non-hydrogen) atoms. The third-order valence-corrected chi connectivity index (χ3v) is 3.96. The van der Waals surface area contributed by atoms with E-state index in [9.17, 15) is 15.0 Å². The summed E-state index contributed by atoms with van der Waals surface area (Å²) in [6.45, 7) is -0.414. The van der Waals surface area contributed by atoms with Gasteiger partial charge in [-0.1, -0.05) is 0 Å². The summed E-state index contributed by atoms with van der Waals surface area (Å²) in [4.78, 5) is 18.3. The zero-order chi connectivity index (χ0) is 14.4. The van der Waals surface area contributed by atoms with E-state index in [-0.39, 0.29) is 5.56 Å². The van der Waals surface area contributed by atoms with Gasteiger partial charge in [0.25, 0.3) is 5.56 Å². The first-order valence-electron chi connectivity index (χ1n) is 5.90. The lowest BCUT2D eigenvalue weighted by Crippen LogP contribution is -2.33. The highest BCUT2D eigenvalue weighted by atomic mass is 79.9. The Balaban J connectivity index is 2.12. The normalized spacial score (nSPS) is 30.2. The van der Waals surface area contributed by atoms with Crippen LogP contribution >= 0.6 is 15.9 Å². The van der Waals surface area contributed by atoms with Crippen molar-refractivity contribution in [3.8, 4) is 0 Å². The third-order valence-electron chi connectivity index (χ3n) is 3.36.